The first kappa shape index (κ1) is 13.1. The van der Waals surface area contributed by atoms with Crippen LogP contribution in [0.15, 0.2) is 30.3 Å². The van der Waals surface area contributed by atoms with Gasteiger partial charge in [0.15, 0.2) is 0 Å². The molecule has 4 nitrogen and oxygen atoms in total. The second-order valence-electron chi connectivity index (χ2n) is 5.52. The molecule has 2 aromatic rings. The highest BCUT2D eigenvalue weighted by Crippen LogP contribution is 2.24. The van der Waals surface area contributed by atoms with E-state index in [1.54, 1.807) is 0 Å². The molecule has 1 aromatic heterocycles. The molecule has 0 saturated carbocycles. The van der Waals surface area contributed by atoms with E-state index in [4.69, 9.17) is 5.73 Å². The molecule has 3 rings (SSSR count). The number of nitrogens with zero attached hydrogens (tertiary/aromatic N) is 2. The fraction of sp³-hybridized carbons (Fsp3) is 0.375. The van der Waals surface area contributed by atoms with Crippen LogP contribution in [0.3, 0.4) is 0 Å². The Labute approximate surface area is 118 Å². The van der Waals surface area contributed by atoms with Gasteiger partial charge in [-0.1, -0.05) is 18.2 Å². The lowest BCUT2D eigenvalue weighted by Crippen LogP contribution is -2.40. The first-order valence-electron chi connectivity index (χ1n) is 7.01. The quantitative estimate of drug-likeness (QED) is 0.862. The van der Waals surface area contributed by atoms with Crippen LogP contribution in [0.5, 0.6) is 0 Å². The molecular weight excluding hydrogens is 250 g/mol. The Hall–Kier alpha value is -1.94. The van der Waals surface area contributed by atoms with Crippen molar-refractivity contribution in [1.82, 2.24) is 9.88 Å². The van der Waals surface area contributed by atoms with Crippen LogP contribution in [0.1, 0.15) is 29.4 Å². The van der Waals surface area contributed by atoms with Gasteiger partial charge >= 0.3 is 0 Å². The Morgan fingerprint density at radius 3 is 2.85 bits per heavy atom. The molecule has 0 aliphatic carbocycles. The maximum atomic E-state index is 12.8. The van der Waals surface area contributed by atoms with Crippen molar-refractivity contribution < 1.29 is 4.79 Å². The number of para-hydroxylation sites is 1. The smallest absolute Gasteiger partial charge is 0.254 e. The number of rotatable bonds is 1. The minimum absolute atomic E-state index is 0.0622. The minimum atomic E-state index is 0.0622. The van der Waals surface area contributed by atoms with Crippen LogP contribution in [0, 0.1) is 6.92 Å². The van der Waals surface area contributed by atoms with Crippen LogP contribution in [0.4, 0.5) is 0 Å². The average Bonchev–Trinajstić information content (AvgIpc) is 2.77. The van der Waals surface area contributed by atoms with Crippen molar-refractivity contribution >= 4 is 16.8 Å². The summed E-state index contributed by atoms with van der Waals surface area (Å²) < 4.78 is 0. The van der Waals surface area contributed by atoms with E-state index in [9.17, 15) is 4.79 Å². The number of aromatic nitrogens is 1. The molecule has 1 amide bonds. The van der Waals surface area contributed by atoms with E-state index in [2.05, 4.69) is 4.98 Å². The summed E-state index contributed by atoms with van der Waals surface area (Å²) >= 11 is 0. The van der Waals surface area contributed by atoms with E-state index in [1.807, 2.05) is 49.1 Å². The van der Waals surface area contributed by atoms with Crippen LogP contribution < -0.4 is 5.73 Å². The van der Waals surface area contributed by atoms with E-state index in [-0.39, 0.29) is 18.0 Å². The fourth-order valence-corrected chi connectivity index (χ4v) is 2.89. The van der Waals surface area contributed by atoms with Crippen molar-refractivity contribution in [3.05, 3.63) is 41.6 Å². The average molecular weight is 269 g/mol. The van der Waals surface area contributed by atoms with Gasteiger partial charge in [0, 0.05) is 29.7 Å². The molecule has 0 spiro atoms. The van der Waals surface area contributed by atoms with Gasteiger partial charge in [0.05, 0.1) is 11.1 Å². The van der Waals surface area contributed by atoms with Crippen molar-refractivity contribution in [2.24, 2.45) is 5.73 Å². The molecule has 0 radical (unpaired) electrons. The number of benzene rings is 1. The van der Waals surface area contributed by atoms with E-state index in [1.165, 1.54) is 0 Å². The first-order valence-corrected chi connectivity index (χ1v) is 7.01. The summed E-state index contributed by atoms with van der Waals surface area (Å²) in [6.07, 6.45) is 0.870. The third-order valence-corrected chi connectivity index (χ3v) is 4.15. The van der Waals surface area contributed by atoms with Gasteiger partial charge < -0.3 is 10.6 Å². The minimum Gasteiger partial charge on any atom is -0.334 e. The van der Waals surface area contributed by atoms with Gasteiger partial charge in [0.2, 0.25) is 0 Å². The van der Waals surface area contributed by atoms with Crippen molar-refractivity contribution in [3.63, 3.8) is 0 Å². The number of fused-ring (bicyclic) bond motifs is 1. The van der Waals surface area contributed by atoms with Crippen LogP contribution >= 0.6 is 0 Å². The molecule has 1 fully saturated rings. The predicted molar refractivity (Wildman–Crippen MR) is 79.6 cm³/mol. The third kappa shape index (κ3) is 2.06. The molecule has 2 heterocycles. The highest BCUT2D eigenvalue weighted by Gasteiger charge is 2.32. The Morgan fingerprint density at radius 1 is 1.40 bits per heavy atom. The summed E-state index contributed by atoms with van der Waals surface area (Å²) in [4.78, 5) is 19.2. The normalized spacial score (nSPS) is 22.4. The number of pyridine rings is 1. The number of carbonyl (C=O) groups is 1. The fourth-order valence-electron chi connectivity index (χ4n) is 2.89. The number of hydrogen-bond donors (Lipinski definition) is 1. The molecule has 104 valence electrons. The predicted octanol–water partition coefficient (Wildman–Crippen LogP) is 2.10. The van der Waals surface area contributed by atoms with Gasteiger partial charge in [-0.05, 0) is 32.4 Å². The molecule has 1 aromatic carbocycles. The van der Waals surface area contributed by atoms with Gasteiger partial charge in [0.1, 0.15) is 0 Å². The monoisotopic (exact) mass is 269 g/mol. The van der Waals surface area contributed by atoms with Gasteiger partial charge in [-0.25, -0.2) is 0 Å². The number of carbonyl (C=O) groups excluding carboxylic acids is 1. The van der Waals surface area contributed by atoms with Gasteiger partial charge in [-0.15, -0.1) is 0 Å². The van der Waals surface area contributed by atoms with E-state index < -0.39 is 0 Å². The zero-order chi connectivity index (χ0) is 14.3. The summed E-state index contributed by atoms with van der Waals surface area (Å²) in [5.41, 5.74) is 8.48. The second-order valence-corrected chi connectivity index (χ2v) is 5.52. The summed E-state index contributed by atoms with van der Waals surface area (Å²) in [7, 11) is 0. The van der Waals surface area contributed by atoms with Crippen LogP contribution in [-0.4, -0.2) is 34.4 Å². The molecule has 4 heteroatoms. The molecule has 1 aliphatic rings. The van der Waals surface area contributed by atoms with Crippen molar-refractivity contribution in [3.8, 4) is 0 Å². The van der Waals surface area contributed by atoms with Crippen molar-refractivity contribution in [1.29, 1.82) is 0 Å². The Balaban J connectivity index is 2.08. The number of aryl methyl sites for hydroxylation is 1. The van der Waals surface area contributed by atoms with Gasteiger partial charge in [0.25, 0.3) is 5.91 Å². The summed E-state index contributed by atoms with van der Waals surface area (Å²) in [6.45, 7) is 4.67. The molecule has 1 aliphatic heterocycles. The standard InChI is InChI=1S/C16H19N3O/c1-10-9-13(12-5-3-4-6-15(12)18-10)16(20)19-8-7-14(17)11(19)2/h3-6,9,11,14H,7-8,17H2,1-2H3. The second kappa shape index (κ2) is 4.87. The molecule has 2 atom stereocenters. The highest BCUT2D eigenvalue weighted by molar-refractivity contribution is 6.06. The lowest BCUT2D eigenvalue weighted by atomic mass is 10.1. The highest BCUT2D eigenvalue weighted by atomic mass is 16.2. The lowest BCUT2D eigenvalue weighted by molar-refractivity contribution is 0.0744. The van der Waals surface area contributed by atoms with Crippen LogP contribution in [0.25, 0.3) is 10.9 Å². The van der Waals surface area contributed by atoms with E-state index >= 15 is 0 Å². The summed E-state index contributed by atoms with van der Waals surface area (Å²) in [5, 5.41) is 0.913. The van der Waals surface area contributed by atoms with Crippen molar-refractivity contribution in [2.75, 3.05) is 6.54 Å². The topological polar surface area (TPSA) is 59.2 Å². The number of nitrogens with two attached hydrogens (primary N) is 1. The summed E-state index contributed by atoms with van der Waals surface area (Å²) in [5.74, 6) is 0.0622. The largest absolute Gasteiger partial charge is 0.334 e. The molecule has 2 N–H and O–H groups in total. The Bertz CT molecular complexity index is 668. The lowest BCUT2D eigenvalue weighted by Gasteiger charge is -2.24. The zero-order valence-corrected chi connectivity index (χ0v) is 11.8. The number of hydrogen-bond acceptors (Lipinski definition) is 3. The first-order chi connectivity index (χ1) is 9.58. The van der Waals surface area contributed by atoms with Crippen LogP contribution in [-0.2, 0) is 0 Å². The number of amides is 1. The van der Waals surface area contributed by atoms with Crippen LogP contribution in [0.2, 0.25) is 0 Å². The Kier molecular flexibility index (Phi) is 3.18. The van der Waals surface area contributed by atoms with E-state index in [0.29, 0.717) is 0 Å². The van der Waals surface area contributed by atoms with E-state index in [0.717, 1.165) is 35.1 Å². The maximum Gasteiger partial charge on any atom is 0.254 e. The van der Waals surface area contributed by atoms with Gasteiger partial charge in [-0.2, -0.15) is 0 Å². The molecule has 2 unspecified atom stereocenters. The van der Waals surface area contributed by atoms with Crippen molar-refractivity contribution in [2.45, 2.75) is 32.4 Å². The number of likely N-dealkylation sites (tertiary alicyclic amines) is 1. The molecule has 20 heavy (non-hydrogen) atoms. The summed E-state index contributed by atoms with van der Waals surface area (Å²) in [6, 6.07) is 9.82. The SMILES string of the molecule is Cc1cc(C(=O)N2CCC(N)C2C)c2ccccc2n1. The molecular formula is C16H19N3O. The third-order valence-electron chi connectivity index (χ3n) is 4.15. The van der Waals surface area contributed by atoms with Gasteiger partial charge in [-0.3, -0.25) is 9.78 Å². The maximum absolute atomic E-state index is 12.8. The zero-order valence-electron chi connectivity index (χ0n) is 11.8. The molecule has 0 bridgehead atoms. The molecule has 1 saturated heterocycles. The Morgan fingerprint density at radius 2 is 2.15 bits per heavy atom.